The number of ether oxygens (including phenoxy) is 1. The molecule has 0 radical (unpaired) electrons. The van der Waals surface area contributed by atoms with Crippen molar-refractivity contribution in [1.82, 2.24) is 14.4 Å². The van der Waals surface area contributed by atoms with Gasteiger partial charge in [0, 0.05) is 49.2 Å². The van der Waals surface area contributed by atoms with Crippen LogP contribution in [0.3, 0.4) is 0 Å². The predicted octanol–water partition coefficient (Wildman–Crippen LogP) is 4.27. The van der Waals surface area contributed by atoms with Crippen molar-refractivity contribution in [2.24, 2.45) is 5.73 Å². The molecule has 2 aromatic heterocycles. The monoisotopic (exact) mass is 449 g/mol. The number of aromatic nitrogens is 3. The first-order valence-electron chi connectivity index (χ1n) is 9.66. The second-order valence-electron chi connectivity index (χ2n) is 7.49. The fourth-order valence-corrected chi connectivity index (χ4v) is 5.63. The summed E-state index contributed by atoms with van der Waals surface area (Å²) in [5, 5.41) is 1.08. The van der Waals surface area contributed by atoms with Crippen molar-refractivity contribution in [3.63, 3.8) is 0 Å². The molecule has 1 unspecified atom stereocenters. The zero-order valence-corrected chi connectivity index (χ0v) is 18.1. The van der Waals surface area contributed by atoms with Gasteiger partial charge in [0.25, 0.3) is 0 Å². The number of nitrogens with two attached hydrogens (primary N) is 1. The van der Waals surface area contributed by atoms with Crippen molar-refractivity contribution in [1.29, 1.82) is 0 Å². The minimum atomic E-state index is -0.163. The standard InChI is InChI=1S/C20H21Cl2N5OS/c21-13-2-1-3-14(17(13)22)29-15-12-25-19(27-10-7-24-18(15)27)26-8-5-20(6-9-26)16(23)4-11-28-20/h1-3,7,10,12,16H,4-6,8-9,11,23H2. The highest BCUT2D eigenvalue weighted by Gasteiger charge is 2.44. The normalized spacial score (nSPS) is 21.3. The van der Waals surface area contributed by atoms with Crippen LogP contribution in [0.15, 0.2) is 46.6 Å². The fourth-order valence-electron chi connectivity index (χ4n) is 4.23. The fraction of sp³-hybridized carbons (Fsp3) is 0.400. The van der Waals surface area contributed by atoms with Crippen LogP contribution in [0.4, 0.5) is 5.95 Å². The van der Waals surface area contributed by atoms with Gasteiger partial charge in [0.2, 0.25) is 5.95 Å². The van der Waals surface area contributed by atoms with Crippen molar-refractivity contribution in [3.05, 3.63) is 46.8 Å². The van der Waals surface area contributed by atoms with Gasteiger partial charge >= 0.3 is 0 Å². The molecule has 4 heterocycles. The molecular weight excluding hydrogens is 429 g/mol. The Balaban J connectivity index is 1.42. The topological polar surface area (TPSA) is 68.7 Å². The number of benzene rings is 1. The molecule has 29 heavy (non-hydrogen) atoms. The number of imidazole rings is 1. The maximum atomic E-state index is 6.36. The SMILES string of the molecule is NC1CCOC12CCN(c1ncc(Sc3cccc(Cl)c3Cl)c3nccn13)CC2. The number of piperidine rings is 1. The van der Waals surface area contributed by atoms with Gasteiger partial charge in [-0.2, -0.15) is 0 Å². The molecule has 3 aromatic rings. The van der Waals surface area contributed by atoms with E-state index in [1.165, 1.54) is 11.8 Å². The van der Waals surface area contributed by atoms with Crippen LogP contribution in [0.5, 0.6) is 0 Å². The summed E-state index contributed by atoms with van der Waals surface area (Å²) in [4.78, 5) is 13.4. The lowest BCUT2D eigenvalue weighted by Gasteiger charge is -2.41. The minimum Gasteiger partial charge on any atom is -0.373 e. The van der Waals surface area contributed by atoms with Gasteiger partial charge in [-0.1, -0.05) is 41.0 Å². The third-order valence-electron chi connectivity index (χ3n) is 5.90. The molecule has 5 rings (SSSR count). The average Bonchev–Trinajstić information content (AvgIpc) is 3.35. The summed E-state index contributed by atoms with van der Waals surface area (Å²) in [6.45, 7) is 2.49. The molecule has 9 heteroatoms. The molecular formula is C20H21Cl2N5OS. The Morgan fingerprint density at radius 2 is 2.00 bits per heavy atom. The van der Waals surface area contributed by atoms with Gasteiger partial charge < -0.3 is 15.4 Å². The Bertz CT molecular complexity index is 1050. The first-order chi connectivity index (χ1) is 14.1. The molecule has 2 aliphatic rings. The molecule has 1 spiro atoms. The third kappa shape index (κ3) is 3.39. The van der Waals surface area contributed by atoms with Crippen molar-refractivity contribution in [2.75, 3.05) is 24.6 Å². The number of hydrogen-bond donors (Lipinski definition) is 1. The Morgan fingerprint density at radius 3 is 2.76 bits per heavy atom. The van der Waals surface area contributed by atoms with E-state index in [9.17, 15) is 0 Å². The second-order valence-corrected chi connectivity index (χ2v) is 9.36. The molecule has 2 saturated heterocycles. The molecule has 2 N–H and O–H groups in total. The van der Waals surface area contributed by atoms with E-state index < -0.39 is 0 Å². The quantitative estimate of drug-likeness (QED) is 0.643. The van der Waals surface area contributed by atoms with Gasteiger partial charge in [0.05, 0.1) is 20.5 Å². The van der Waals surface area contributed by atoms with Crippen molar-refractivity contribution >= 4 is 46.6 Å². The van der Waals surface area contributed by atoms with Gasteiger partial charge in [-0.15, -0.1) is 0 Å². The van der Waals surface area contributed by atoms with E-state index in [0.717, 1.165) is 60.3 Å². The lowest BCUT2D eigenvalue weighted by atomic mass is 9.85. The number of anilines is 1. The van der Waals surface area contributed by atoms with Crippen LogP contribution in [0.25, 0.3) is 5.65 Å². The van der Waals surface area contributed by atoms with E-state index in [2.05, 4.69) is 9.88 Å². The third-order valence-corrected chi connectivity index (χ3v) is 7.90. The molecule has 1 atom stereocenters. The van der Waals surface area contributed by atoms with Crippen molar-refractivity contribution < 1.29 is 4.74 Å². The number of nitrogens with zero attached hydrogens (tertiary/aromatic N) is 4. The zero-order valence-electron chi connectivity index (χ0n) is 15.7. The molecule has 6 nitrogen and oxygen atoms in total. The summed E-state index contributed by atoms with van der Waals surface area (Å²) < 4.78 is 8.07. The van der Waals surface area contributed by atoms with Crippen LogP contribution < -0.4 is 10.6 Å². The summed E-state index contributed by atoms with van der Waals surface area (Å²) in [6.07, 6.45) is 8.39. The molecule has 152 valence electrons. The minimum absolute atomic E-state index is 0.132. The summed E-state index contributed by atoms with van der Waals surface area (Å²) in [5.74, 6) is 0.889. The summed E-state index contributed by atoms with van der Waals surface area (Å²) in [7, 11) is 0. The van der Waals surface area contributed by atoms with E-state index in [1.807, 2.05) is 28.9 Å². The van der Waals surface area contributed by atoms with Gasteiger partial charge in [0.15, 0.2) is 5.65 Å². The zero-order chi connectivity index (χ0) is 20.0. The van der Waals surface area contributed by atoms with Gasteiger partial charge in [0.1, 0.15) is 0 Å². The first kappa shape index (κ1) is 19.5. The van der Waals surface area contributed by atoms with E-state index in [-0.39, 0.29) is 11.6 Å². The maximum Gasteiger partial charge on any atom is 0.211 e. The highest BCUT2D eigenvalue weighted by molar-refractivity contribution is 7.99. The Hall–Kier alpha value is -1.51. The number of halogens is 2. The second kappa shape index (κ2) is 7.63. The maximum absolute atomic E-state index is 6.36. The molecule has 0 aliphatic carbocycles. The largest absolute Gasteiger partial charge is 0.373 e. The molecule has 0 amide bonds. The van der Waals surface area contributed by atoms with Crippen molar-refractivity contribution in [2.45, 2.75) is 40.7 Å². The van der Waals surface area contributed by atoms with Crippen LogP contribution in [-0.4, -0.2) is 45.7 Å². The average molecular weight is 450 g/mol. The lowest BCUT2D eigenvalue weighted by molar-refractivity contribution is -0.0231. The number of hydrogen-bond acceptors (Lipinski definition) is 6. The molecule has 2 aliphatic heterocycles. The number of fused-ring (bicyclic) bond motifs is 1. The molecule has 2 fully saturated rings. The van der Waals surface area contributed by atoms with Gasteiger partial charge in [-0.25, -0.2) is 9.97 Å². The van der Waals surface area contributed by atoms with E-state index in [1.54, 1.807) is 12.3 Å². The van der Waals surface area contributed by atoms with E-state index in [0.29, 0.717) is 10.0 Å². The van der Waals surface area contributed by atoms with Crippen LogP contribution in [0.1, 0.15) is 19.3 Å². The van der Waals surface area contributed by atoms with Crippen LogP contribution >= 0.6 is 35.0 Å². The lowest BCUT2D eigenvalue weighted by Crippen LogP contribution is -2.53. The molecule has 0 bridgehead atoms. The molecule has 1 aromatic carbocycles. The smallest absolute Gasteiger partial charge is 0.211 e. The highest BCUT2D eigenvalue weighted by Crippen LogP contribution is 2.40. The number of rotatable bonds is 3. The Labute approximate surface area is 183 Å². The molecule has 0 saturated carbocycles. The summed E-state index contributed by atoms with van der Waals surface area (Å²) >= 11 is 14.0. The van der Waals surface area contributed by atoms with Crippen molar-refractivity contribution in [3.8, 4) is 0 Å². The van der Waals surface area contributed by atoms with E-state index in [4.69, 9.17) is 38.7 Å². The highest BCUT2D eigenvalue weighted by atomic mass is 35.5. The van der Waals surface area contributed by atoms with Gasteiger partial charge in [-0.05, 0) is 31.4 Å². The van der Waals surface area contributed by atoms with Crippen LogP contribution in [0, 0.1) is 0 Å². The predicted molar refractivity (Wildman–Crippen MR) is 116 cm³/mol. The van der Waals surface area contributed by atoms with Crippen LogP contribution in [0.2, 0.25) is 10.0 Å². The summed E-state index contributed by atoms with van der Waals surface area (Å²) in [6, 6.07) is 5.75. The van der Waals surface area contributed by atoms with Crippen LogP contribution in [-0.2, 0) is 4.74 Å². The van der Waals surface area contributed by atoms with Gasteiger partial charge in [-0.3, -0.25) is 4.40 Å². The first-order valence-corrected chi connectivity index (χ1v) is 11.2. The van der Waals surface area contributed by atoms with E-state index >= 15 is 0 Å². The Kier molecular flexibility index (Phi) is 5.12. The summed E-state index contributed by atoms with van der Waals surface area (Å²) in [5.41, 5.74) is 7.01. The Morgan fingerprint density at radius 1 is 1.17 bits per heavy atom.